The van der Waals surface area contributed by atoms with Gasteiger partial charge < -0.3 is 14.6 Å². The fourth-order valence-electron chi connectivity index (χ4n) is 3.69. The summed E-state index contributed by atoms with van der Waals surface area (Å²) in [5.41, 5.74) is 2.28. The molecule has 180 valence electrons. The number of benzene rings is 2. The van der Waals surface area contributed by atoms with Crippen molar-refractivity contribution in [2.24, 2.45) is 7.05 Å². The average molecular weight is 470 g/mol. The fraction of sp³-hybridized carbons (Fsp3) is 0.346. The molecule has 0 saturated carbocycles. The monoisotopic (exact) mass is 469 g/mol. The summed E-state index contributed by atoms with van der Waals surface area (Å²) in [6.07, 6.45) is 5.31. The number of aliphatic hydroxyl groups is 1. The maximum Gasteiger partial charge on any atom is 0.222 e. The van der Waals surface area contributed by atoms with Crippen LogP contribution >= 0.6 is 0 Å². The molecule has 0 spiro atoms. The summed E-state index contributed by atoms with van der Waals surface area (Å²) in [6.45, 7) is 3.71. The van der Waals surface area contributed by atoms with E-state index in [2.05, 4.69) is 15.9 Å². The third-order valence-electron chi connectivity index (χ3n) is 5.12. The maximum absolute atomic E-state index is 14.4. The zero-order chi connectivity index (χ0) is 24.5. The van der Waals surface area contributed by atoms with Gasteiger partial charge in [0.1, 0.15) is 18.1 Å². The van der Waals surface area contributed by atoms with Crippen molar-refractivity contribution >= 4 is 0 Å². The van der Waals surface area contributed by atoms with Crippen molar-refractivity contribution in [1.29, 1.82) is 0 Å². The van der Waals surface area contributed by atoms with E-state index in [1.807, 2.05) is 37.3 Å². The number of nitrogens with zero attached hydrogens (tertiary/aromatic N) is 3. The predicted octanol–water partition coefficient (Wildman–Crippen LogP) is 4.38. The minimum Gasteiger partial charge on any atom is -0.436 e. The van der Waals surface area contributed by atoms with Crippen molar-refractivity contribution in [2.45, 2.75) is 26.0 Å². The van der Waals surface area contributed by atoms with E-state index >= 15 is 0 Å². The molecule has 0 aliphatic heterocycles. The Kier molecular flexibility index (Phi) is 9.16. The first-order valence-electron chi connectivity index (χ1n) is 11.1. The van der Waals surface area contributed by atoms with Crippen LogP contribution in [0.1, 0.15) is 18.9 Å². The summed E-state index contributed by atoms with van der Waals surface area (Å²) in [5, 5.41) is 15.1. The summed E-state index contributed by atoms with van der Waals surface area (Å²) >= 11 is 0. The standard InChI is InChI=1S/C26H29F2N3O3/c1-4-13-31(16-21(32)18-33-14-5-2)17-22-25(19-9-7-6-8-10-19)29-30(3)26(22)34-24-12-11-20(27)15-23(24)28/h2,6-12,15,21,32H,4,13-14,16-18H2,1,3H3. The van der Waals surface area contributed by atoms with Gasteiger partial charge in [0.15, 0.2) is 11.6 Å². The Morgan fingerprint density at radius 3 is 2.65 bits per heavy atom. The van der Waals surface area contributed by atoms with Gasteiger partial charge in [-0.3, -0.25) is 4.90 Å². The Morgan fingerprint density at radius 1 is 1.21 bits per heavy atom. The molecule has 0 aliphatic rings. The van der Waals surface area contributed by atoms with Crippen LogP contribution in [-0.4, -0.2) is 52.2 Å². The second-order valence-corrected chi connectivity index (χ2v) is 7.91. The normalized spacial score (nSPS) is 12.0. The molecule has 2 aromatic carbocycles. The van der Waals surface area contributed by atoms with Gasteiger partial charge in [0.05, 0.1) is 18.3 Å². The molecule has 6 nitrogen and oxygen atoms in total. The van der Waals surface area contributed by atoms with Crippen LogP contribution in [0.15, 0.2) is 48.5 Å². The molecule has 3 rings (SSSR count). The van der Waals surface area contributed by atoms with E-state index in [9.17, 15) is 13.9 Å². The van der Waals surface area contributed by atoms with Crippen molar-refractivity contribution in [3.63, 3.8) is 0 Å². The molecule has 1 heterocycles. The molecular weight excluding hydrogens is 440 g/mol. The Morgan fingerprint density at radius 2 is 1.97 bits per heavy atom. The van der Waals surface area contributed by atoms with Crippen molar-refractivity contribution in [3.05, 3.63) is 65.7 Å². The second kappa shape index (κ2) is 12.3. The molecule has 1 aromatic heterocycles. The first kappa shape index (κ1) is 25.4. The van der Waals surface area contributed by atoms with Crippen LogP contribution in [0.2, 0.25) is 0 Å². The average Bonchev–Trinajstić information content (AvgIpc) is 3.11. The van der Waals surface area contributed by atoms with Gasteiger partial charge in [-0.15, -0.1) is 6.42 Å². The molecule has 34 heavy (non-hydrogen) atoms. The summed E-state index contributed by atoms with van der Waals surface area (Å²) in [6, 6.07) is 12.8. The van der Waals surface area contributed by atoms with Crippen molar-refractivity contribution in [2.75, 3.05) is 26.3 Å². The second-order valence-electron chi connectivity index (χ2n) is 7.91. The molecule has 0 bridgehead atoms. The summed E-state index contributed by atoms with van der Waals surface area (Å²) in [7, 11) is 1.71. The van der Waals surface area contributed by atoms with Crippen LogP contribution in [-0.2, 0) is 18.3 Å². The highest BCUT2D eigenvalue weighted by Crippen LogP contribution is 2.35. The van der Waals surface area contributed by atoms with Gasteiger partial charge in [0, 0.05) is 31.8 Å². The number of halogens is 2. The van der Waals surface area contributed by atoms with E-state index in [0.29, 0.717) is 31.2 Å². The van der Waals surface area contributed by atoms with Crippen LogP contribution < -0.4 is 4.74 Å². The highest BCUT2D eigenvalue weighted by molar-refractivity contribution is 5.65. The highest BCUT2D eigenvalue weighted by Gasteiger charge is 2.24. The van der Waals surface area contributed by atoms with E-state index in [0.717, 1.165) is 29.7 Å². The number of aliphatic hydroxyl groups excluding tert-OH is 1. The van der Waals surface area contributed by atoms with Gasteiger partial charge in [0.25, 0.3) is 0 Å². The van der Waals surface area contributed by atoms with E-state index in [-0.39, 0.29) is 19.0 Å². The molecule has 0 amide bonds. The van der Waals surface area contributed by atoms with E-state index in [1.54, 1.807) is 7.05 Å². The molecule has 0 radical (unpaired) electrons. The Hall–Kier alpha value is -3.25. The van der Waals surface area contributed by atoms with Crippen LogP contribution in [0.5, 0.6) is 11.6 Å². The van der Waals surface area contributed by atoms with Crippen LogP contribution in [0, 0.1) is 24.0 Å². The lowest BCUT2D eigenvalue weighted by Gasteiger charge is -2.25. The lowest BCUT2D eigenvalue weighted by molar-refractivity contribution is 0.0260. The quantitative estimate of drug-likeness (QED) is 0.315. The first-order valence-corrected chi connectivity index (χ1v) is 11.1. The smallest absolute Gasteiger partial charge is 0.222 e. The predicted molar refractivity (Wildman–Crippen MR) is 126 cm³/mol. The van der Waals surface area contributed by atoms with Gasteiger partial charge >= 0.3 is 0 Å². The van der Waals surface area contributed by atoms with Crippen LogP contribution in [0.25, 0.3) is 11.3 Å². The van der Waals surface area contributed by atoms with Crippen LogP contribution in [0.3, 0.4) is 0 Å². The lowest BCUT2D eigenvalue weighted by atomic mass is 10.1. The zero-order valence-electron chi connectivity index (χ0n) is 19.4. The SMILES string of the molecule is C#CCOCC(O)CN(CCC)Cc1c(-c2ccccc2)nn(C)c1Oc1ccc(F)cc1F. The van der Waals surface area contributed by atoms with Gasteiger partial charge in [-0.2, -0.15) is 5.10 Å². The molecule has 8 heteroatoms. The number of hydrogen-bond donors (Lipinski definition) is 1. The fourth-order valence-corrected chi connectivity index (χ4v) is 3.69. The number of ether oxygens (including phenoxy) is 2. The molecule has 1 atom stereocenters. The van der Waals surface area contributed by atoms with Gasteiger partial charge in [-0.05, 0) is 25.1 Å². The van der Waals surface area contributed by atoms with Gasteiger partial charge in [-0.1, -0.05) is 43.2 Å². The van der Waals surface area contributed by atoms with E-state index in [1.165, 1.54) is 10.7 Å². The van der Waals surface area contributed by atoms with Crippen LogP contribution in [0.4, 0.5) is 8.78 Å². The number of aryl methyl sites for hydroxylation is 1. The molecular formula is C26H29F2N3O3. The Labute approximate surface area is 198 Å². The summed E-state index contributed by atoms with van der Waals surface area (Å²) in [5.74, 6) is 1.12. The molecule has 0 saturated heterocycles. The molecule has 1 N–H and O–H groups in total. The zero-order valence-corrected chi connectivity index (χ0v) is 19.4. The summed E-state index contributed by atoms with van der Waals surface area (Å²) < 4.78 is 40.5. The number of terminal acetylenes is 1. The lowest BCUT2D eigenvalue weighted by Crippen LogP contribution is -2.35. The van der Waals surface area contributed by atoms with Crippen molar-refractivity contribution in [3.8, 4) is 35.2 Å². The highest BCUT2D eigenvalue weighted by atomic mass is 19.1. The third kappa shape index (κ3) is 6.64. The number of hydrogen-bond acceptors (Lipinski definition) is 5. The minimum absolute atomic E-state index is 0.102. The van der Waals surface area contributed by atoms with Crippen molar-refractivity contribution in [1.82, 2.24) is 14.7 Å². The Bertz CT molecular complexity index is 1110. The molecule has 0 aliphatic carbocycles. The number of rotatable bonds is 12. The van der Waals surface area contributed by atoms with E-state index < -0.39 is 17.7 Å². The largest absolute Gasteiger partial charge is 0.436 e. The van der Waals surface area contributed by atoms with Crippen molar-refractivity contribution < 1.29 is 23.4 Å². The third-order valence-corrected chi connectivity index (χ3v) is 5.12. The molecule has 3 aromatic rings. The molecule has 0 fully saturated rings. The first-order chi connectivity index (χ1) is 16.4. The van der Waals surface area contributed by atoms with E-state index in [4.69, 9.17) is 15.9 Å². The Balaban J connectivity index is 1.95. The van der Waals surface area contributed by atoms with Gasteiger partial charge in [-0.25, -0.2) is 13.5 Å². The maximum atomic E-state index is 14.4. The summed E-state index contributed by atoms with van der Waals surface area (Å²) in [4.78, 5) is 2.06. The van der Waals surface area contributed by atoms with Gasteiger partial charge in [0.2, 0.25) is 5.88 Å². The molecule has 1 unspecified atom stereocenters. The number of aromatic nitrogens is 2. The minimum atomic E-state index is -0.806. The topological polar surface area (TPSA) is 59.8 Å².